The molecule has 0 aromatic rings. The van der Waals surface area contributed by atoms with Crippen molar-refractivity contribution >= 4 is 0 Å². The van der Waals surface area contributed by atoms with Crippen LogP contribution in [0.4, 0.5) is 8.78 Å². The second kappa shape index (κ2) is 3.05. The van der Waals surface area contributed by atoms with Gasteiger partial charge in [0, 0.05) is 0 Å². The Kier molecular flexibility index (Phi) is 2.47. The lowest BCUT2D eigenvalue weighted by Gasteiger charge is -2.42. The van der Waals surface area contributed by atoms with Crippen molar-refractivity contribution in [3.8, 4) is 0 Å². The van der Waals surface area contributed by atoms with E-state index < -0.39 is 12.0 Å². The van der Waals surface area contributed by atoms with E-state index in [1.165, 1.54) is 0 Å². The second-order valence-corrected chi connectivity index (χ2v) is 3.46. The summed E-state index contributed by atoms with van der Waals surface area (Å²) in [6.45, 7) is 1.61. The predicted octanol–water partition coefficient (Wildman–Crippen LogP) is 2.03. The van der Waals surface area contributed by atoms with Crippen LogP contribution < -0.4 is 5.32 Å². The Morgan fingerprint density at radius 2 is 2.00 bits per heavy atom. The van der Waals surface area contributed by atoms with Crippen LogP contribution in [-0.2, 0) is 0 Å². The Hall–Kier alpha value is -0.180. The first-order chi connectivity index (χ1) is 5.11. The van der Waals surface area contributed by atoms with Crippen LogP contribution in [-0.4, -0.2) is 19.0 Å². The topological polar surface area (TPSA) is 12.0 Å². The van der Waals surface area contributed by atoms with Crippen LogP contribution in [0.3, 0.4) is 0 Å². The minimum Gasteiger partial charge on any atom is -0.309 e. The fraction of sp³-hybridized carbons (Fsp3) is 1.00. The van der Waals surface area contributed by atoms with Gasteiger partial charge in [0.15, 0.2) is 0 Å². The molecule has 0 bridgehead atoms. The summed E-state index contributed by atoms with van der Waals surface area (Å²) in [5.74, 6) is 0.174. The minimum atomic E-state index is -2.25. The van der Waals surface area contributed by atoms with Crippen molar-refractivity contribution in [3.05, 3.63) is 0 Å². The minimum absolute atomic E-state index is 0.174. The monoisotopic (exact) mass is 163 g/mol. The zero-order chi connectivity index (χ0) is 8.48. The maximum Gasteiger partial charge on any atom is 0.256 e. The number of hydrogen-bond acceptors (Lipinski definition) is 1. The Morgan fingerprint density at radius 1 is 1.45 bits per heavy atom. The lowest BCUT2D eigenvalue weighted by atomic mass is 9.72. The third-order valence-electron chi connectivity index (χ3n) is 2.95. The fourth-order valence-electron chi connectivity index (χ4n) is 1.50. The van der Waals surface area contributed by atoms with Gasteiger partial charge in [0.05, 0.1) is 5.54 Å². The average Bonchev–Trinajstić information content (AvgIpc) is 1.83. The number of halogens is 2. The zero-order valence-corrected chi connectivity index (χ0v) is 7.03. The molecule has 0 aliphatic heterocycles. The van der Waals surface area contributed by atoms with Gasteiger partial charge in [-0.2, -0.15) is 0 Å². The van der Waals surface area contributed by atoms with Gasteiger partial charge in [-0.05, 0) is 32.7 Å². The number of nitrogens with one attached hydrogen (secondary N) is 1. The molecule has 1 atom stereocenters. The maximum atomic E-state index is 12.5. The highest BCUT2D eigenvalue weighted by atomic mass is 19.3. The maximum absolute atomic E-state index is 12.5. The molecule has 0 saturated heterocycles. The average molecular weight is 163 g/mol. The molecule has 0 heterocycles. The van der Waals surface area contributed by atoms with Gasteiger partial charge in [-0.15, -0.1) is 0 Å². The zero-order valence-electron chi connectivity index (χ0n) is 7.03. The van der Waals surface area contributed by atoms with Crippen molar-refractivity contribution in [2.24, 2.45) is 5.92 Å². The van der Waals surface area contributed by atoms with Crippen molar-refractivity contribution in [1.29, 1.82) is 0 Å². The summed E-state index contributed by atoms with van der Waals surface area (Å²) in [7, 11) is 1.62. The van der Waals surface area contributed by atoms with Gasteiger partial charge in [0.1, 0.15) is 0 Å². The standard InChI is InChI=1S/C8H15F2N/c1-8(11-2,7(9)10)6-4-3-5-6/h6-7,11H,3-5H2,1-2H3. The van der Waals surface area contributed by atoms with Crippen LogP contribution in [0, 0.1) is 5.92 Å². The lowest BCUT2D eigenvalue weighted by molar-refractivity contribution is -0.0158. The van der Waals surface area contributed by atoms with Crippen LogP contribution >= 0.6 is 0 Å². The molecule has 0 spiro atoms. The van der Waals surface area contributed by atoms with Gasteiger partial charge in [-0.25, -0.2) is 8.78 Å². The van der Waals surface area contributed by atoms with Gasteiger partial charge < -0.3 is 5.32 Å². The van der Waals surface area contributed by atoms with Crippen molar-refractivity contribution in [3.63, 3.8) is 0 Å². The quantitative estimate of drug-likeness (QED) is 0.671. The Balaban J connectivity index is 2.57. The third-order valence-corrected chi connectivity index (χ3v) is 2.95. The van der Waals surface area contributed by atoms with Gasteiger partial charge in [0.2, 0.25) is 0 Å². The summed E-state index contributed by atoms with van der Waals surface area (Å²) < 4.78 is 25.0. The summed E-state index contributed by atoms with van der Waals surface area (Å²) in [4.78, 5) is 0. The van der Waals surface area contributed by atoms with Crippen LogP contribution in [0.25, 0.3) is 0 Å². The van der Waals surface area contributed by atoms with E-state index in [0.29, 0.717) is 0 Å². The first-order valence-corrected chi connectivity index (χ1v) is 4.08. The molecule has 0 aromatic carbocycles. The lowest BCUT2D eigenvalue weighted by Crippen LogP contribution is -2.54. The van der Waals surface area contributed by atoms with Crippen molar-refractivity contribution < 1.29 is 8.78 Å². The molecule has 1 fully saturated rings. The molecule has 0 radical (unpaired) electrons. The predicted molar refractivity (Wildman–Crippen MR) is 40.8 cm³/mol. The first kappa shape index (κ1) is 8.91. The van der Waals surface area contributed by atoms with Crippen molar-refractivity contribution in [2.45, 2.75) is 38.2 Å². The van der Waals surface area contributed by atoms with Gasteiger partial charge >= 0.3 is 0 Å². The summed E-state index contributed by atoms with van der Waals surface area (Å²) in [6, 6.07) is 0. The third kappa shape index (κ3) is 1.39. The Morgan fingerprint density at radius 3 is 2.09 bits per heavy atom. The number of rotatable bonds is 3. The van der Waals surface area contributed by atoms with Crippen LogP contribution in [0.1, 0.15) is 26.2 Å². The Labute approximate surface area is 66.2 Å². The van der Waals surface area contributed by atoms with Gasteiger partial charge in [0.25, 0.3) is 6.43 Å². The molecular weight excluding hydrogens is 148 g/mol. The summed E-state index contributed by atoms with van der Waals surface area (Å²) >= 11 is 0. The normalized spacial score (nSPS) is 24.8. The van der Waals surface area contributed by atoms with E-state index in [9.17, 15) is 8.78 Å². The molecule has 1 saturated carbocycles. The van der Waals surface area contributed by atoms with Crippen molar-refractivity contribution in [2.75, 3.05) is 7.05 Å². The molecule has 3 heteroatoms. The molecular formula is C8H15F2N. The van der Waals surface area contributed by atoms with E-state index in [4.69, 9.17) is 0 Å². The van der Waals surface area contributed by atoms with E-state index in [1.807, 2.05) is 0 Å². The molecule has 66 valence electrons. The van der Waals surface area contributed by atoms with Crippen LogP contribution in [0.5, 0.6) is 0 Å². The first-order valence-electron chi connectivity index (χ1n) is 4.08. The number of hydrogen-bond donors (Lipinski definition) is 1. The molecule has 0 aromatic heterocycles. The highest BCUT2D eigenvalue weighted by Gasteiger charge is 2.43. The molecule has 1 nitrogen and oxygen atoms in total. The molecule has 0 amide bonds. The summed E-state index contributed by atoms with van der Waals surface area (Å²) in [5.41, 5.74) is -0.946. The second-order valence-electron chi connectivity index (χ2n) is 3.46. The highest BCUT2D eigenvalue weighted by molar-refractivity contribution is 4.95. The van der Waals surface area contributed by atoms with E-state index in [1.54, 1.807) is 14.0 Å². The molecule has 1 aliphatic rings. The van der Waals surface area contributed by atoms with Gasteiger partial charge in [-0.1, -0.05) is 6.42 Å². The van der Waals surface area contributed by atoms with Crippen LogP contribution in [0.15, 0.2) is 0 Å². The molecule has 1 unspecified atom stereocenters. The molecule has 1 N–H and O–H groups in total. The number of alkyl halides is 2. The summed E-state index contributed by atoms with van der Waals surface area (Å²) in [5, 5.41) is 2.73. The highest BCUT2D eigenvalue weighted by Crippen LogP contribution is 2.38. The smallest absolute Gasteiger partial charge is 0.256 e. The van der Waals surface area contributed by atoms with E-state index in [2.05, 4.69) is 5.32 Å². The Bertz CT molecular complexity index is 134. The molecule has 1 aliphatic carbocycles. The van der Waals surface area contributed by atoms with E-state index >= 15 is 0 Å². The van der Waals surface area contributed by atoms with E-state index in [-0.39, 0.29) is 5.92 Å². The molecule has 11 heavy (non-hydrogen) atoms. The van der Waals surface area contributed by atoms with Crippen molar-refractivity contribution in [1.82, 2.24) is 5.32 Å². The van der Waals surface area contributed by atoms with E-state index in [0.717, 1.165) is 19.3 Å². The van der Waals surface area contributed by atoms with Crippen LogP contribution in [0.2, 0.25) is 0 Å². The molecule has 1 rings (SSSR count). The fourth-order valence-corrected chi connectivity index (χ4v) is 1.50. The van der Waals surface area contributed by atoms with Gasteiger partial charge in [-0.3, -0.25) is 0 Å². The largest absolute Gasteiger partial charge is 0.309 e. The SMILES string of the molecule is CNC(C)(C(F)F)C1CCC1. The summed E-state index contributed by atoms with van der Waals surface area (Å²) in [6.07, 6.45) is 0.746.